The molecule has 12 heteroatoms. The van der Waals surface area contributed by atoms with E-state index in [1.54, 1.807) is 30.3 Å². The van der Waals surface area contributed by atoms with Crippen LogP contribution in [0.15, 0.2) is 65.2 Å². The maximum atomic E-state index is 14.4. The van der Waals surface area contributed by atoms with Crippen LogP contribution in [0.5, 0.6) is 0 Å². The van der Waals surface area contributed by atoms with Crippen LogP contribution in [-0.4, -0.2) is 35.0 Å². The average Bonchev–Trinajstić information content (AvgIpc) is 2.86. The summed E-state index contributed by atoms with van der Waals surface area (Å²) >= 11 is 11.8. The van der Waals surface area contributed by atoms with Gasteiger partial charge < -0.3 is 14.6 Å². The molecule has 1 heterocycles. The van der Waals surface area contributed by atoms with Crippen molar-refractivity contribution in [2.24, 2.45) is 4.99 Å². The van der Waals surface area contributed by atoms with Crippen LogP contribution < -0.4 is 5.32 Å². The van der Waals surface area contributed by atoms with Gasteiger partial charge in [-0.25, -0.2) is 23.4 Å². The number of nitrogens with one attached hydrogen (secondary N) is 1. The zero-order valence-electron chi connectivity index (χ0n) is 19.2. The largest absolute Gasteiger partial charge is 0.506 e. The lowest BCUT2D eigenvalue weighted by molar-refractivity contribution is -0.137. The lowest BCUT2D eigenvalue weighted by Crippen LogP contribution is -2.14. The third-order valence-corrected chi connectivity index (χ3v) is 5.14. The van der Waals surface area contributed by atoms with E-state index in [4.69, 9.17) is 32.7 Å². The molecular formula is C25H19Cl2F2N3O5. The van der Waals surface area contributed by atoms with Gasteiger partial charge in [-0.1, -0.05) is 53.5 Å². The predicted molar refractivity (Wildman–Crippen MR) is 135 cm³/mol. The number of aliphatic imine (C=N–C) groups is 1. The van der Waals surface area contributed by atoms with Crippen molar-refractivity contribution in [2.45, 2.75) is 13.5 Å². The van der Waals surface area contributed by atoms with Crippen molar-refractivity contribution in [3.8, 4) is 0 Å². The maximum Gasteiger partial charge on any atom is 0.412 e. The molecule has 8 nitrogen and oxygen atoms in total. The minimum atomic E-state index is -1.11. The first-order valence-corrected chi connectivity index (χ1v) is 11.4. The second-order valence-electron chi connectivity index (χ2n) is 7.18. The topological polar surface area (TPSA) is 110 Å². The Morgan fingerprint density at radius 2 is 1.81 bits per heavy atom. The molecule has 0 saturated carbocycles. The summed E-state index contributed by atoms with van der Waals surface area (Å²) in [5.41, 5.74) is -0.745. The zero-order valence-corrected chi connectivity index (χ0v) is 20.7. The summed E-state index contributed by atoms with van der Waals surface area (Å²) in [4.78, 5) is 32.2. The monoisotopic (exact) mass is 549 g/mol. The Kier molecular flexibility index (Phi) is 9.53. The summed E-state index contributed by atoms with van der Waals surface area (Å²) in [5, 5.41) is 12.7. The van der Waals surface area contributed by atoms with Crippen LogP contribution >= 0.6 is 23.2 Å². The Hall–Kier alpha value is -4.02. The fourth-order valence-electron chi connectivity index (χ4n) is 2.89. The van der Waals surface area contributed by atoms with Gasteiger partial charge in [0.25, 0.3) is 0 Å². The summed E-state index contributed by atoms with van der Waals surface area (Å²) in [6, 6.07) is 12.8. The average molecular weight is 550 g/mol. The van der Waals surface area contributed by atoms with E-state index < -0.39 is 46.4 Å². The van der Waals surface area contributed by atoms with Crippen LogP contribution in [0, 0.1) is 11.6 Å². The number of hydrogen-bond donors (Lipinski definition) is 2. The molecule has 2 N–H and O–H groups in total. The lowest BCUT2D eigenvalue weighted by atomic mass is 10.1. The molecule has 0 aliphatic rings. The van der Waals surface area contributed by atoms with E-state index in [-0.39, 0.29) is 29.1 Å². The fraction of sp³-hybridized carbons (Fsp3) is 0.120. The molecule has 0 fully saturated rings. The van der Waals surface area contributed by atoms with Crippen molar-refractivity contribution in [1.82, 2.24) is 4.98 Å². The molecule has 1 aromatic heterocycles. The second kappa shape index (κ2) is 12.8. The third kappa shape index (κ3) is 7.48. The fourth-order valence-corrected chi connectivity index (χ4v) is 3.32. The Labute approximate surface area is 220 Å². The molecule has 0 atom stereocenters. The number of aliphatic hydroxyl groups excluding tert-OH is 1. The number of ether oxygens (including phenoxy) is 2. The van der Waals surface area contributed by atoms with Gasteiger partial charge in [0.2, 0.25) is 0 Å². The number of anilines is 1. The maximum absolute atomic E-state index is 14.4. The first-order valence-electron chi connectivity index (χ1n) is 10.6. The normalized spacial score (nSPS) is 11.7. The van der Waals surface area contributed by atoms with Gasteiger partial charge in [0.05, 0.1) is 17.9 Å². The number of rotatable bonds is 8. The molecule has 0 bridgehead atoms. The number of nitrogens with zero attached hydrogens (tertiary/aromatic N) is 2. The lowest BCUT2D eigenvalue weighted by Gasteiger charge is -2.10. The molecule has 1 amide bonds. The summed E-state index contributed by atoms with van der Waals surface area (Å²) in [6.45, 7) is 1.42. The van der Waals surface area contributed by atoms with Crippen LogP contribution in [0.25, 0.3) is 5.76 Å². The van der Waals surface area contributed by atoms with Crippen LogP contribution in [0.2, 0.25) is 10.3 Å². The molecule has 0 aliphatic carbocycles. The highest BCUT2D eigenvalue weighted by Crippen LogP contribution is 2.28. The molecule has 37 heavy (non-hydrogen) atoms. The third-order valence-electron chi connectivity index (χ3n) is 4.64. The molecule has 3 aromatic rings. The van der Waals surface area contributed by atoms with Crippen LogP contribution in [0.1, 0.15) is 18.1 Å². The van der Waals surface area contributed by atoms with Gasteiger partial charge in [-0.3, -0.25) is 10.3 Å². The highest BCUT2D eigenvalue weighted by atomic mass is 35.5. The van der Waals surface area contributed by atoms with E-state index in [2.05, 4.69) is 15.3 Å². The smallest absolute Gasteiger partial charge is 0.412 e. The zero-order chi connectivity index (χ0) is 26.9. The van der Waals surface area contributed by atoms with Gasteiger partial charge in [0.15, 0.2) is 5.82 Å². The molecular weight excluding hydrogens is 531 g/mol. The van der Waals surface area contributed by atoms with Gasteiger partial charge in [-0.15, -0.1) is 0 Å². The molecule has 0 radical (unpaired) electrons. The van der Waals surface area contributed by atoms with E-state index in [0.29, 0.717) is 11.6 Å². The Morgan fingerprint density at radius 3 is 2.49 bits per heavy atom. The molecule has 192 valence electrons. The van der Waals surface area contributed by atoms with Gasteiger partial charge in [0.1, 0.15) is 39.7 Å². The second-order valence-corrected chi connectivity index (χ2v) is 7.93. The quantitative estimate of drug-likeness (QED) is 0.107. The van der Waals surface area contributed by atoms with Crippen LogP contribution in [0.3, 0.4) is 0 Å². The number of aromatic nitrogens is 1. The number of pyridine rings is 1. The SMILES string of the molecule is CCOC(=O)C(C=Nc1cc(NC(=O)OCc2ccccc2)c(F)cc1F)=C(O)c1ccc(Cl)nc1Cl. The Bertz CT molecular complexity index is 1370. The van der Waals surface area contributed by atoms with Gasteiger partial charge in [0, 0.05) is 12.3 Å². The summed E-state index contributed by atoms with van der Waals surface area (Å²) in [7, 11) is 0. The number of aliphatic hydroxyl groups is 1. The van der Waals surface area contributed by atoms with Crippen molar-refractivity contribution < 1.29 is 33.0 Å². The van der Waals surface area contributed by atoms with Crippen LogP contribution in [-0.2, 0) is 20.9 Å². The number of benzene rings is 2. The van der Waals surface area contributed by atoms with E-state index in [1.165, 1.54) is 19.1 Å². The number of carbonyl (C=O) groups excluding carboxylic acids is 2. The summed E-state index contributed by atoms with van der Waals surface area (Å²) in [5.74, 6) is -3.86. The highest BCUT2D eigenvalue weighted by molar-refractivity contribution is 6.33. The Morgan fingerprint density at radius 1 is 1.08 bits per heavy atom. The van der Waals surface area contributed by atoms with Gasteiger partial charge >= 0.3 is 12.1 Å². The summed E-state index contributed by atoms with van der Waals surface area (Å²) in [6.07, 6.45) is -0.176. The van der Waals surface area contributed by atoms with Crippen molar-refractivity contribution >= 4 is 58.6 Å². The molecule has 2 aromatic carbocycles. The molecule has 0 spiro atoms. The first kappa shape index (κ1) is 27.6. The standard InChI is InChI=1S/C25H19Cl2F2N3O5/c1-2-36-24(34)16(22(33)15-8-9-21(26)32-23(15)27)12-30-19-11-20(18(29)10-17(19)28)31-25(35)37-13-14-6-4-3-5-7-14/h3-12,33H,2,13H2,1H3,(H,31,35). The Balaban J connectivity index is 1.88. The number of hydrogen-bond acceptors (Lipinski definition) is 7. The number of esters is 1. The van der Waals surface area contributed by atoms with E-state index in [9.17, 15) is 23.5 Å². The van der Waals surface area contributed by atoms with Crippen molar-refractivity contribution in [3.05, 3.63) is 93.2 Å². The number of carbonyl (C=O) groups is 2. The molecule has 3 rings (SSSR count). The van der Waals surface area contributed by atoms with E-state index >= 15 is 0 Å². The van der Waals surface area contributed by atoms with E-state index in [0.717, 1.165) is 12.3 Å². The summed E-state index contributed by atoms with van der Waals surface area (Å²) < 4.78 is 38.7. The van der Waals surface area contributed by atoms with E-state index in [1.807, 2.05) is 0 Å². The predicted octanol–water partition coefficient (Wildman–Crippen LogP) is 6.65. The molecule has 0 aliphatic heterocycles. The minimum Gasteiger partial charge on any atom is -0.506 e. The number of amides is 1. The molecule has 0 unspecified atom stereocenters. The van der Waals surface area contributed by atoms with Crippen molar-refractivity contribution in [3.63, 3.8) is 0 Å². The van der Waals surface area contributed by atoms with Crippen molar-refractivity contribution in [1.29, 1.82) is 0 Å². The van der Waals surface area contributed by atoms with Gasteiger partial charge in [-0.05, 0) is 30.7 Å². The first-order chi connectivity index (χ1) is 17.7. The van der Waals surface area contributed by atoms with Crippen LogP contribution in [0.4, 0.5) is 25.0 Å². The number of halogens is 4. The molecule has 0 saturated heterocycles. The van der Waals surface area contributed by atoms with Gasteiger partial charge in [-0.2, -0.15) is 0 Å². The van der Waals surface area contributed by atoms with Crippen molar-refractivity contribution in [2.75, 3.05) is 11.9 Å². The minimum absolute atomic E-state index is 0.0415. The highest BCUT2D eigenvalue weighted by Gasteiger charge is 2.20.